The summed E-state index contributed by atoms with van der Waals surface area (Å²) in [7, 11) is 1.60. The summed E-state index contributed by atoms with van der Waals surface area (Å²) < 4.78 is 6.05. The second-order valence-electron chi connectivity index (χ2n) is 4.94. The SMILES string of the molecule is COCCNC(=O)Nc1cccc(-c2nc3ccccc3s2)c1. The fraction of sp³-hybridized carbons (Fsp3) is 0.176. The fourth-order valence-electron chi connectivity index (χ4n) is 2.17. The summed E-state index contributed by atoms with van der Waals surface area (Å²) >= 11 is 1.64. The van der Waals surface area contributed by atoms with Gasteiger partial charge in [0.25, 0.3) is 0 Å². The molecule has 0 aliphatic heterocycles. The fourth-order valence-corrected chi connectivity index (χ4v) is 3.13. The summed E-state index contributed by atoms with van der Waals surface area (Å²) in [5, 5.41) is 6.48. The molecule has 0 aliphatic carbocycles. The Morgan fingerprint density at radius 1 is 1.22 bits per heavy atom. The van der Waals surface area contributed by atoms with Crippen LogP contribution in [0, 0.1) is 0 Å². The number of ether oxygens (including phenoxy) is 1. The number of para-hydroxylation sites is 1. The predicted molar refractivity (Wildman–Crippen MR) is 94.0 cm³/mol. The maximum Gasteiger partial charge on any atom is 0.319 e. The zero-order chi connectivity index (χ0) is 16.1. The van der Waals surface area contributed by atoms with Gasteiger partial charge in [0, 0.05) is 24.9 Å². The Kier molecular flexibility index (Phi) is 4.85. The molecule has 3 aromatic rings. The summed E-state index contributed by atoms with van der Waals surface area (Å²) in [4.78, 5) is 16.4. The van der Waals surface area contributed by atoms with Crippen LogP contribution in [0.1, 0.15) is 0 Å². The van der Waals surface area contributed by atoms with Crippen molar-refractivity contribution in [1.82, 2.24) is 10.3 Å². The van der Waals surface area contributed by atoms with Crippen LogP contribution in [0.5, 0.6) is 0 Å². The molecule has 1 heterocycles. The van der Waals surface area contributed by atoms with Gasteiger partial charge in [0.15, 0.2) is 0 Å². The Morgan fingerprint density at radius 3 is 2.91 bits per heavy atom. The average molecular weight is 327 g/mol. The quantitative estimate of drug-likeness (QED) is 0.702. The van der Waals surface area contributed by atoms with Crippen molar-refractivity contribution in [3.8, 4) is 10.6 Å². The minimum atomic E-state index is -0.247. The van der Waals surface area contributed by atoms with Crippen molar-refractivity contribution in [3.05, 3.63) is 48.5 Å². The molecule has 0 aliphatic rings. The number of hydrogen-bond donors (Lipinski definition) is 2. The molecular weight excluding hydrogens is 310 g/mol. The minimum absolute atomic E-state index is 0.247. The smallest absolute Gasteiger partial charge is 0.319 e. The van der Waals surface area contributed by atoms with E-state index in [1.54, 1.807) is 18.4 Å². The Hall–Kier alpha value is -2.44. The predicted octanol–water partition coefficient (Wildman–Crippen LogP) is 3.73. The second-order valence-corrected chi connectivity index (χ2v) is 5.97. The Bertz CT molecular complexity index is 783. The third kappa shape index (κ3) is 3.85. The molecule has 0 spiro atoms. The second kappa shape index (κ2) is 7.21. The molecule has 118 valence electrons. The van der Waals surface area contributed by atoms with Gasteiger partial charge < -0.3 is 15.4 Å². The van der Waals surface area contributed by atoms with Crippen molar-refractivity contribution in [3.63, 3.8) is 0 Å². The number of anilines is 1. The summed E-state index contributed by atoms with van der Waals surface area (Å²) in [6, 6.07) is 15.5. The van der Waals surface area contributed by atoms with Crippen molar-refractivity contribution < 1.29 is 9.53 Å². The van der Waals surface area contributed by atoms with Crippen LogP contribution in [0.3, 0.4) is 0 Å². The van der Waals surface area contributed by atoms with E-state index >= 15 is 0 Å². The van der Waals surface area contributed by atoms with Crippen molar-refractivity contribution >= 4 is 33.3 Å². The molecule has 0 bridgehead atoms. The summed E-state index contributed by atoms with van der Waals surface area (Å²) in [5.41, 5.74) is 2.71. The number of urea groups is 1. The van der Waals surface area contributed by atoms with E-state index in [0.29, 0.717) is 13.2 Å². The molecule has 23 heavy (non-hydrogen) atoms. The first-order chi connectivity index (χ1) is 11.3. The van der Waals surface area contributed by atoms with Gasteiger partial charge in [-0.3, -0.25) is 0 Å². The lowest BCUT2D eigenvalue weighted by atomic mass is 10.2. The van der Waals surface area contributed by atoms with Gasteiger partial charge in [-0.05, 0) is 24.3 Å². The summed E-state index contributed by atoms with van der Waals surface area (Å²) in [6.07, 6.45) is 0. The minimum Gasteiger partial charge on any atom is -0.383 e. The number of methoxy groups -OCH3 is 1. The molecule has 0 radical (unpaired) electrons. The number of aromatic nitrogens is 1. The molecule has 2 aromatic carbocycles. The third-order valence-electron chi connectivity index (χ3n) is 3.25. The molecule has 0 fully saturated rings. The van der Waals surface area contributed by atoms with Crippen LogP contribution >= 0.6 is 11.3 Å². The molecule has 0 saturated carbocycles. The van der Waals surface area contributed by atoms with Crippen molar-refractivity contribution in [1.29, 1.82) is 0 Å². The van der Waals surface area contributed by atoms with Gasteiger partial charge in [-0.1, -0.05) is 24.3 Å². The highest BCUT2D eigenvalue weighted by Gasteiger charge is 2.07. The van der Waals surface area contributed by atoms with Crippen LogP contribution in [-0.4, -0.2) is 31.3 Å². The molecule has 0 unspecified atom stereocenters. The molecule has 6 heteroatoms. The van der Waals surface area contributed by atoms with Gasteiger partial charge in [0.1, 0.15) is 5.01 Å². The summed E-state index contributed by atoms with van der Waals surface area (Å²) in [6.45, 7) is 0.957. The van der Waals surface area contributed by atoms with Crippen LogP contribution in [0.2, 0.25) is 0 Å². The lowest BCUT2D eigenvalue weighted by Gasteiger charge is -2.08. The van der Waals surface area contributed by atoms with Crippen molar-refractivity contribution in [2.24, 2.45) is 0 Å². The summed E-state index contributed by atoms with van der Waals surface area (Å²) in [5.74, 6) is 0. The number of nitrogens with zero attached hydrogens (tertiary/aromatic N) is 1. The highest BCUT2D eigenvalue weighted by molar-refractivity contribution is 7.21. The number of nitrogens with one attached hydrogen (secondary N) is 2. The molecule has 3 rings (SSSR count). The zero-order valence-corrected chi connectivity index (χ0v) is 13.5. The van der Waals surface area contributed by atoms with Crippen LogP contribution in [-0.2, 0) is 4.74 Å². The first kappa shape index (κ1) is 15.5. The Balaban J connectivity index is 1.75. The Labute approximate surface area is 138 Å². The highest BCUT2D eigenvalue weighted by Crippen LogP contribution is 2.31. The third-order valence-corrected chi connectivity index (χ3v) is 4.34. The topological polar surface area (TPSA) is 63.2 Å². The number of hydrogen-bond acceptors (Lipinski definition) is 4. The largest absolute Gasteiger partial charge is 0.383 e. The Morgan fingerprint density at radius 2 is 2.09 bits per heavy atom. The monoisotopic (exact) mass is 327 g/mol. The van der Waals surface area contributed by atoms with Crippen molar-refractivity contribution in [2.45, 2.75) is 0 Å². The first-order valence-electron chi connectivity index (χ1n) is 7.26. The van der Waals surface area contributed by atoms with E-state index in [9.17, 15) is 4.79 Å². The number of rotatable bonds is 5. The van der Waals surface area contributed by atoms with Crippen LogP contribution in [0.15, 0.2) is 48.5 Å². The number of carbonyl (C=O) groups is 1. The number of amides is 2. The maximum atomic E-state index is 11.8. The van der Waals surface area contributed by atoms with Crippen LogP contribution < -0.4 is 10.6 Å². The van der Waals surface area contributed by atoms with E-state index in [1.807, 2.05) is 42.5 Å². The standard InChI is InChI=1S/C17H17N3O2S/c1-22-10-9-18-17(21)19-13-6-4-5-12(11-13)16-20-14-7-2-3-8-15(14)23-16/h2-8,11H,9-10H2,1H3,(H2,18,19,21). The molecule has 1 aromatic heterocycles. The van der Waals surface area contributed by atoms with Crippen molar-refractivity contribution in [2.75, 3.05) is 25.6 Å². The zero-order valence-electron chi connectivity index (χ0n) is 12.7. The molecule has 2 N–H and O–H groups in total. The van der Waals surface area contributed by atoms with E-state index in [-0.39, 0.29) is 6.03 Å². The maximum absolute atomic E-state index is 11.8. The average Bonchev–Trinajstić information content (AvgIpc) is 2.99. The number of benzene rings is 2. The van der Waals surface area contributed by atoms with E-state index in [1.165, 1.54) is 0 Å². The van der Waals surface area contributed by atoms with Crippen LogP contribution in [0.4, 0.5) is 10.5 Å². The number of thiazole rings is 1. The van der Waals surface area contributed by atoms with E-state index in [4.69, 9.17) is 4.74 Å². The molecule has 0 atom stereocenters. The van der Waals surface area contributed by atoms with Gasteiger partial charge in [-0.15, -0.1) is 11.3 Å². The molecular formula is C17H17N3O2S. The lowest BCUT2D eigenvalue weighted by molar-refractivity contribution is 0.198. The molecule has 2 amide bonds. The van der Waals surface area contributed by atoms with Gasteiger partial charge in [-0.25, -0.2) is 9.78 Å². The first-order valence-corrected chi connectivity index (χ1v) is 8.08. The van der Waals surface area contributed by atoms with Gasteiger partial charge >= 0.3 is 6.03 Å². The highest BCUT2D eigenvalue weighted by atomic mass is 32.1. The van der Waals surface area contributed by atoms with E-state index in [0.717, 1.165) is 26.5 Å². The molecule has 0 saturated heterocycles. The van der Waals surface area contributed by atoms with E-state index < -0.39 is 0 Å². The number of fused-ring (bicyclic) bond motifs is 1. The van der Waals surface area contributed by atoms with Crippen LogP contribution in [0.25, 0.3) is 20.8 Å². The molecule has 5 nitrogen and oxygen atoms in total. The lowest BCUT2D eigenvalue weighted by Crippen LogP contribution is -2.31. The normalized spacial score (nSPS) is 10.7. The van der Waals surface area contributed by atoms with E-state index in [2.05, 4.69) is 21.7 Å². The van der Waals surface area contributed by atoms with Gasteiger partial charge in [-0.2, -0.15) is 0 Å². The van der Waals surface area contributed by atoms with Gasteiger partial charge in [0.2, 0.25) is 0 Å². The van der Waals surface area contributed by atoms with Gasteiger partial charge in [0.05, 0.1) is 16.8 Å². The number of carbonyl (C=O) groups excluding carboxylic acids is 1.